The number of alkyl halides is 3. The van der Waals surface area contributed by atoms with Gasteiger partial charge in [0.25, 0.3) is 0 Å². The van der Waals surface area contributed by atoms with E-state index in [2.05, 4.69) is 30.0 Å². The van der Waals surface area contributed by atoms with E-state index in [0.717, 1.165) is 0 Å². The summed E-state index contributed by atoms with van der Waals surface area (Å²) in [7, 11) is 0. The summed E-state index contributed by atoms with van der Waals surface area (Å²) in [6, 6.07) is 1.68. The summed E-state index contributed by atoms with van der Waals surface area (Å²) in [5.74, 6) is -1.05. The Hall–Kier alpha value is -3.24. The number of imidazole rings is 2. The van der Waals surface area contributed by atoms with Gasteiger partial charge in [-0.1, -0.05) is 0 Å². The first-order valence-electron chi connectivity index (χ1n) is 6.36. The van der Waals surface area contributed by atoms with Crippen molar-refractivity contribution in [3.05, 3.63) is 36.8 Å². The van der Waals surface area contributed by atoms with Crippen LogP contribution in [-0.2, 0) is 6.18 Å². The number of aromatic nitrogens is 8. The minimum absolute atomic E-state index is 0.166. The summed E-state index contributed by atoms with van der Waals surface area (Å²) in [6.07, 6.45) is 1.58. The average molecular weight is 320 g/mol. The summed E-state index contributed by atoms with van der Waals surface area (Å²) < 4.78 is 39.7. The predicted molar refractivity (Wildman–Crippen MR) is 70.9 cm³/mol. The third kappa shape index (κ3) is 2.13. The van der Waals surface area contributed by atoms with Crippen LogP contribution in [0.15, 0.2) is 31.0 Å². The molecule has 4 aromatic rings. The molecule has 116 valence electrons. The first-order chi connectivity index (χ1) is 11.0. The zero-order valence-electron chi connectivity index (χ0n) is 11.2. The molecule has 0 radical (unpaired) electrons. The molecule has 0 unspecified atom stereocenters. The number of aromatic amines is 2. The molecule has 4 heterocycles. The summed E-state index contributed by atoms with van der Waals surface area (Å²) in [6.45, 7) is 0. The maximum absolute atomic E-state index is 12.7. The van der Waals surface area contributed by atoms with Crippen molar-refractivity contribution in [2.45, 2.75) is 6.18 Å². The van der Waals surface area contributed by atoms with Gasteiger partial charge < -0.3 is 4.98 Å². The fourth-order valence-electron chi connectivity index (χ4n) is 2.18. The molecule has 0 aliphatic carbocycles. The highest BCUT2D eigenvalue weighted by Crippen LogP contribution is 2.31. The van der Waals surface area contributed by atoms with Gasteiger partial charge in [-0.15, -0.1) is 0 Å². The molecule has 0 aliphatic heterocycles. The first-order valence-corrected chi connectivity index (χ1v) is 6.36. The maximum Gasteiger partial charge on any atom is 0.451 e. The standard InChI is InChI=1S/C12H7F3N8/c13-12(14,15)10-20-9(21-22-10)7-8(6-4-16-5-18-6)23-3-1-2-17-11(23)19-7/h1-5H,(H,16,18)(H,20,21,22). The summed E-state index contributed by atoms with van der Waals surface area (Å²) >= 11 is 0. The van der Waals surface area contributed by atoms with Gasteiger partial charge in [-0.3, -0.25) is 9.50 Å². The van der Waals surface area contributed by atoms with Gasteiger partial charge in [0.05, 0.1) is 18.2 Å². The van der Waals surface area contributed by atoms with E-state index < -0.39 is 12.0 Å². The highest BCUT2D eigenvalue weighted by atomic mass is 19.4. The zero-order valence-corrected chi connectivity index (χ0v) is 11.2. The Labute approximate surface area is 125 Å². The minimum atomic E-state index is -4.61. The quantitative estimate of drug-likeness (QED) is 0.588. The molecule has 4 aromatic heterocycles. The summed E-state index contributed by atoms with van der Waals surface area (Å²) in [4.78, 5) is 18.6. The molecule has 23 heavy (non-hydrogen) atoms. The van der Waals surface area contributed by atoms with Gasteiger partial charge in [-0.05, 0) is 6.07 Å². The molecular weight excluding hydrogens is 313 g/mol. The second-order valence-electron chi connectivity index (χ2n) is 4.57. The van der Waals surface area contributed by atoms with Crippen molar-refractivity contribution < 1.29 is 13.2 Å². The van der Waals surface area contributed by atoms with E-state index in [-0.39, 0.29) is 11.5 Å². The molecule has 0 bridgehead atoms. The molecule has 0 saturated heterocycles. The van der Waals surface area contributed by atoms with E-state index in [9.17, 15) is 13.2 Å². The third-order valence-electron chi connectivity index (χ3n) is 3.12. The number of halogens is 3. The smallest absolute Gasteiger partial charge is 0.343 e. The average Bonchev–Trinajstić information content (AvgIpc) is 3.24. The van der Waals surface area contributed by atoms with Crippen LogP contribution < -0.4 is 0 Å². The van der Waals surface area contributed by atoms with E-state index in [1.54, 1.807) is 16.7 Å². The Morgan fingerprint density at radius 2 is 2.04 bits per heavy atom. The van der Waals surface area contributed by atoms with Crippen LogP contribution in [0.5, 0.6) is 0 Å². The number of fused-ring (bicyclic) bond motifs is 1. The van der Waals surface area contributed by atoms with Gasteiger partial charge in [-0.2, -0.15) is 18.3 Å². The van der Waals surface area contributed by atoms with E-state index in [1.807, 2.05) is 5.10 Å². The Bertz CT molecular complexity index is 966. The number of hydrogen-bond acceptors (Lipinski definition) is 5. The van der Waals surface area contributed by atoms with Crippen LogP contribution >= 0.6 is 0 Å². The Morgan fingerprint density at radius 1 is 1.17 bits per heavy atom. The summed E-state index contributed by atoms with van der Waals surface area (Å²) in [5.41, 5.74) is 1.19. The normalized spacial score (nSPS) is 12.1. The number of rotatable bonds is 2. The Morgan fingerprint density at radius 3 is 2.74 bits per heavy atom. The van der Waals surface area contributed by atoms with Crippen LogP contribution in [0, 0.1) is 0 Å². The maximum atomic E-state index is 12.7. The van der Waals surface area contributed by atoms with Crippen molar-refractivity contribution in [3.63, 3.8) is 0 Å². The second kappa shape index (κ2) is 4.63. The van der Waals surface area contributed by atoms with E-state index in [4.69, 9.17) is 0 Å². The topological polar surface area (TPSA) is 100 Å². The lowest BCUT2D eigenvalue weighted by atomic mass is 10.2. The largest absolute Gasteiger partial charge is 0.451 e. The van der Waals surface area contributed by atoms with Crippen molar-refractivity contribution in [3.8, 4) is 22.9 Å². The van der Waals surface area contributed by atoms with Gasteiger partial charge in [-0.25, -0.2) is 19.9 Å². The number of H-pyrrole nitrogens is 2. The molecule has 0 saturated carbocycles. The van der Waals surface area contributed by atoms with E-state index >= 15 is 0 Å². The van der Waals surface area contributed by atoms with Crippen molar-refractivity contribution in [1.82, 2.24) is 39.5 Å². The summed E-state index contributed by atoms with van der Waals surface area (Å²) in [5, 5.41) is 5.50. The van der Waals surface area contributed by atoms with E-state index in [0.29, 0.717) is 17.2 Å². The lowest BCUT2D eigenvalue weighted by Gasteiger charge is -2.00. The Kier molecular flexibility index (Phi) is 2.70. The van der Waals surface area contributed by atoms with Crippen LogP contribution in [0.25, 0.3) is 28.7 Å². The predicted octanol–water partition coefficient (Wildman–Crippen LogP) is 1.92. The van der Waals surface area contributed by atoms with Crippen molar-refractivity contribution in [2.24, 2.45) is 0 Å². The van der Waals surface area contributed by atoms with Gasteiger partial charge >= 0.3 is 6.18 Å². The highest BCUT2D eigenvalue weighted by Gasteiger charge is 2.36. The third-order valence-corrected chi connectivity index (χ3v) is 3.12. The number of nitrogens with one attached hydrogen (secondary N) is 2. The van der Waals surface area contributed by atoms with Crippen LogP contribution in [0.3, 0.4) is 0 Å². The lowest BCUT2D eigenvalue weighted by molar-refractivity contribution is -0.144. The lowest BCUT2D eigenvalue weighted by Crippen LogP contribution is -2.07. The first kappa shape index (κ1) is 13.4. The van der Waals surface area contributed by atoms with Crippen LogP contribution in [-0.4, -0.2) is 39.5 Å². The van der Waals surface area contributed by atoms with Crippen LogP contribution in [0.1, 0.15) is 5.82 Å². The molecule has 0 aliphatic rings. The van der Waals surface area contributed by atoms with Crippen molar-refractivity contribution >= 4 is 5.78 Å². The molecule has 0 aromatic carbocycles. The van der Waals surface area contributed by atoms with Gasteiger partial charge in [0.2, 0.25) is 17.4 Å². The van der Waals surface area contributed by atoms with Crippen LogP contribution in [0.4, 0.5) is 13.2 Å². The van der Waals surface area contributed by atoms with Gasteiger partial charge in [0.15, 0.2) is 0 Å². The second-order valence-corrected chi connectivity index (χ2v) is 4.57. The molecule has 2 N–H and O–H groups in total. The fraction of sp³-hybridized carbons (Fsp3) is 0.0833. The van der Waals surface area contributed by atoms with Crippen molar-refractivity contribution in [2.75, 3.05) is 0 Å². The van der Waals surface area contributed by atoms with Crippen molar-refractivity contribution in [1.29, 1.82) is 0 Å². The molecule has 4 rings (SSSR count). The molecule has 11 heteroatoms. The minimum Gasteiger partial charge on any atom is -0.343 e. The van der Waals surface area contributed by atoms with E-state index in [1.165, 1.54) is 18.7 Å². The fourth-order valence-corrected chi connectivity index (χ4v) is 2.18. The molecule has 0 fully saturated rings. The molecule has 0 spiro atoms. The number of hydrogen-bond donors (Lipinski definition) is 2. The Balaban J connectivity index is 1.97. The zero-order chi connectivity index (χ0) is 16.0. The number of nitrogens with zero attached hydrogens (tertiary/aromatic N) is 6. The highest BCUT2D eigenvalue weighted by molar-refractivity contribution is 5.76. The molecule has 8 nitrogen and oxygen atoms in total. The van der Waals surface area contributed by atoms with Crippen LogP contribution in [0.2, 0.25) is 0 Å². The monoisotopic (exact) mass is 320 g/mol. The SMILES string of the molecule is FC(F)(F)c1nc(-c2nc3ncccn3c2-c2cnc[nH]2)n[nH]1. The molecule has 0 amide bonds. The molecule has 0 atom stereocenters. The van der Waals surface area contributed by atoms with Gasteiger partial charge in [0, 0.05) is 12.4 Å². The van der Waals surface area contributed by atoms with Gasteiger partial charge in [0.1, 0.15) is 11.4 Å². The molecular formula is C12H7F3N8.